The topological polar surface area (TPSA) is 81.0 Å². The molecule has 1 aromatic heterocycles. The predicted molar refractivity (Wildman–Crippen MR) is 137 cm³/mol. The fourth-order valence-corrected chi connectivity index (χ4v) is 7.22. The summed E-state index contributed by atoms with van der Waals surface area (Å²) in [6.45, 7) is 3.51. The van der Waals surface area contributed by atoms with Gasteiger partial charge in [-0.1, -0.05) is 18.3 Å². The van der Waals surface area contributed by atoms with E-state index in [4.69, 9.17) is 4.74 Å². The quantitative estimate of drug-likeness (QED) is 0.433. The summed E-state index contributed by atoms with van der Waals surface area (Å²) >= 11 is 3.23. The number of nitrogens with zero attached hydrogens (tertiary/aromatic N) is 3. The van der Waals surface area contributed by atoms with E-state index < -0.39 is 10.0 Å². The van der Waals surface area contributed by atoms with E-state index in [1.165, 1.54) is 20.5 Å². The van der Waals surface area contributed by atoms with Gasteiger partial charge in [-0.25, -0.2) is 8.42 Å². The summed E-state index contributed by atoms with van der Waals surface area (Å²) in [6, 6.07) is 12.7. The van der Waals surface area contributed by atoms with Gasteiger partial charge in [-0.3, -0.25) is 4.79 Å². The van der Waals surface area contributed by atoms with Crippen LogP contribution in [0, 0.1) is 5.92 Å². The molecular weight excluding hydrogens is 490 g/mol. The van der Waals surface area contributed by atoms with Crippen LogP contribution in [0.15, 0.2) is 57.2 Å². The zero-order valence-electron chi connectivity index (χ0n) is 19.6. The molecule has 1 aliphatic heterocycles. The molecule has 1 saturated heterocycles. The molecule has 2 aromatic carbocycles. The summed E-state index contributed by atoms with van der Waals surface area (Å²) < 4.78 is 35.8. The van der Waals surface area contributed by atoms with Crippen LogP contribution in [0.1, 0.15) is 26.2 Å². The van der Waals surface area contributed by atoms with Crippen molar-refractivity contribution >= 4 is 49.2 Å². The molecular formula is C24H29N3O4S3. The Labute approximate surface area is 208 Å². The van der Waals surface area contributed by atoms with E-state index in [2.05, 4.69) is 34.7 Å². The molecule has 0 saturated carbocycles. The van der Waals surface area contributed by atoms with E-state index in [0.717, 1.165) is 23.2 Å². The average Bonchev–Trinajstić information content (AvgIpc) is 3.20. The number of aryl methyl sites for hydroxylation is 1. The number of methoxy groups -OCH3 is 1. The van der Waals surface area contributed by atoms with Gasteiger partial charge in [0.15, 0.2) is 4.80 Å². The minimum atomic E-state index is -3.60. The van der Waals surface area contributed by atoms with Gasteiger partial charge in [0.1, 0.15) is 5.75 Å². The fourth-order valence-electron chi connectivity index (χ4n) is 4.13. The van der Waals surface area contributed by atoms with Crippen molar-refractivity contribution < 1.29 is 17.9 Å². The fraction of sp³-hybridized carbons (Fsp3) is 0.417. The zero-order chi connectivity index (χ0) is 24.3. The van der Waals surface area contributed by atoms with Crippen LogP contribution < -0.4 is 9.54 Å². The lowest BCUT2D eigenvalue weighted by Crippen LogP contribution is -2.40. The molecule has 1 amide bonds. The zero-order valence-corrected chi connectivity index (χ0v) is 22.0. The first-order valence-corrected chi connectivity index (χ1v) is 14.8. The van der Waals surface area contributed by atoms with Crippen LogP contribution in [0.3, 0.4) is 0 Å². The van der Waals surface area contributed by atoms with Gasteiger partial charge in [-0.15, -0.1) is 11.8 Å². The van der Waals surface area contributed by atoms with Crippen LogP contribution in [0.4, 0.5) is 0 Å². The van der Waals surface area contributed by atoms with Crippen molar-refractivity contribution in [3.05, 3.63) is 47.3 Å². The monoisotopic (exact) mass is 519 g/mol. The van der Waals surface area contributed by atoms with Crippen molar-refractivity contribution in [3.63, 3.8) is 0 Å². The van der Waals surface area contributed by atoms with Crippen molar-refractivity contribution in [2.45, 2.75) is 42.5 Å². The highest BCUT2D eigenvalue weighted by molar-refractivity contribution is 7.98. The Hall–Kier alpha value is -2.14. The lowest BCUT2D eigenvalue weighted by atomic mass is 9.98. The number of carbonyl (C=O) groups excluding carboxylic acids is 1. The van der Waals surface area contributed by atoms with E-state index in [9.17, 15) is 13.2 Å². The van der Waals surface area contributed by atoms with Gasteiger partial charge in [-0.2, -0.15) is 9.30 Å². The lowest BCUT2D eigenvalue weighted by Gasteiger charge is -2.29. The Morgan fingerprint density at radius 3 is 2.50 bits per heavy atom. The van der Waals surface area contributed by atoms with Crippen molar-refractivity contribution in [1.29, 1.82) is 0 Å². The van der Waals surface area contributed by atoms with Crippen LogP contribution in [0.5, 0.6) is 5.75 Å². The summed E-state index contributed by atoms with van der Waals surface area (Å²) in [5.74, 6) is 0.170. The van der Waals surface area contributed by atoms with E-state index in [0.29, 0.717) is 36.5 Å². The molecule has 0 atom stereocenters. The number of amides is 1. The molecule has 0 aliphatic carbocycles. The molecule has 7 nitrogen and oxygen atoms in total. The van der Waals surface area contributed by atoms with Crippen LogP contribution in [-0.2, 0) is 21.4 Å². The van der Waals surface area contributed by atoms with Gasteiger partial charge in [0.2, 0.25) is 10.0 Å². The number of hydrogen-bond donors (Lipinski definition) is 0. The number of aromatic nitrogens is 1. The maximum atomic E-state index is 13.1. The molecule has 182 valence electrons. The average molecular weight is 520 g/mol. The largest absolute Gasteiger partial charge is 0.497 e. The molecule has 0 bridgehead atoms. The molecule has 1 fully saturated rings. The molecule has 0 N–H and O–H groups in total. The third-order valence-electron chi connectivity index (χ3n) is 6.04. The van der Waals surface area contributed by atoms with Crippen molar-refractivity contribution in [1.82, 2.24) is 8.87 Å². The highest BCUT2D eigenvalue weighted by atomic mass is 32.2. The maximum absolute atomic E-state index is 13.1. The number of piperidine rings is 1. The molecule has 34 heavy (non-hydrogen) atoms. The molecule has 3 aromatic rings. The molecule has 1 aliphatic rings. The Bertz CT molecular complexity index is 1340. The Balaban J connectivity index is 1.51. The standard InChI is InChI=1S/C24H29N3O4S3/c1-4-13-27-21-10-7-19(32-3)16-22(21)33-24(27)25-23(28)17-11-14-26(15-12-17)34(29,30)20-8-5-18(31-2)6-9-20/h5-10,16-17H,4,11-15H2,1-3H3. The van der Waals surface area contributed by atoms with Gasteiger partial charge < -0.3 is 9.30 Å². The first kappa shape index (κ1) is 25.0. The highest BCUT2D eigenvalue weighted by Gasteiger charge is 2.32. The minimum Gasteiger partial charge on any atom is -0.497 e. The van der Waals surface area contributed by atoms with Crippen LogP contribution in [-0.4, -0.2) is 49.7 Å². The first-order chi connectivity index (χ1) is 16.4. The van der Waals surface area contributed by atoms with E-state index in [-0.39, 0.29) is 16.7 Å². The number of fused-ring (bicyclic) bond motifs is 1. The summed E-state index contributed by atoms with van der Waals surface area (Å²) in [5, 5.41) is 0. The van der Waals surface area contributed by atoms with E-state index in [1.807, 2.05) is 6.26 Å². The minimum absolute atomic E-state index is 0.164. The second-order valence-corrected chi connectivity index (χ2v) is 12.0. The number of benzene rings is 2. The summed E-state index contributed by atoms with van der Waals surface area (Å²) in [6.07, 6.45) is 3.92. The van der Waals surface area contributed by atoms with Gasteiger partial charge in [0.25, 0.3) is 5.91 Å². The molecule has 2 heterocycles. The Kier molecular flexibility index (Phi) is 7.81. The van der Waals surface area contributed by atoms with E-state index >= 15 is 0 Å². The molecule has 0 unspecified atom stereocenters. The predicted octanol–water partition coefficient (Wildman–Crippen LogP) is 4.37. The van der Waals surface area contributed by atoms with Crippen molar-refractivity contribution in [2.75, 3.05) is 26.5 Å². The molecule has 0 radical (unpaired) electrons. The number of rotatable bonds is 7. The smallest absolute Gasteiger partial charge is 0.251 e. The summed E-state index contributed by atoms with van der Waals surface area (Å²) in [4.78, 5) is 19.7. The molecule has 10 heteroatoms. The lowest BCUT2D eigenvalue weighted by molar-refractivity contribution is -0.122. The number of carbonyl (C=O) groups is 1. The van der Waals surface area contributed by atoms with Crippen molar-refractivity contribution in [3.8, 4) is 5.75 Å². The Morgan fingerprint density at radius 2 is 1.88 bits per heavy atom. The summed E-state index contributed by atoms with van der Waals surface area (Å²) in [5.41, 5.74) is 1.09. The number of thiazole rings is 1. The SMILES string of the molecule is CCCn1c(=NC(=O)C2CCN(S(=O)(=O)c3ccc(OC)cc3)CC2)sc2cc(SC)ccc21. The van der Waals surface area contributed by atoms with Gasteiger partial charge in [0, 0.05) is 30.4 Å². The number of hydrogen-bond acceptors (Lipinski definition) is 6. The van der Waals surface area contributed by atoms with Crippen LogP contribution in [0.25, 0.3) is 10.2 Å². The summed E-state index contributed by atoms with van der Waals surface area (Å²) in [7, 11) is -2.06. The van der Waals surface area contributed by atoms with Gasteiger partial charge in [0.05, 0.1) is 22.2 Å². The number of thioether (sulfide) groups is 1. The van der Waals surface area contributed by atoms with Crippen LogP contribution in [0.2, 0.25) is 0 Å². The van der Waals surface area contributed by atoms with Gasteiger partial charge >= 0.3 is 0 Å². The normalized spacial score (nSPS) is 16.3. The first-order valence-electron chi connectivity index (χ1n) is 11.3. The Morgan fingerprint density at radius 1 is 1.18 bits per heavy atom. The molecule has 4 rings (SSSR count). The maximum Gasteiger partial charge on any atom is 0.251 e. The second kappa shape index (κ2) is 10.6. The third-order valence-corrected chi connectivity index (χ3v) is 9.72. The van der Waals surface area contributed by atoms with Crippen molar-refractivity contribution in [2.24, 2.45) is 10.9 Å². The van der Waals surface area contributed by atoms with Gasteiger partial charge in [-0.05, 0) is 68.0 Å². The number of ether oxygens (including phenoxy) is 1. The second-order valence-electron chi connectivity index (χ2n) is 8.17. The van der Waals surface area contributed by atoms with Crippen LogP contribution >= 0.6 is 23.1 Å². The number of sulfonamides is 1. The highest BCUT2D eigenvalue weighted by Crippen LogP contribution is 2.27. The molecule has 0 spiro atoms. The van der Waals surface area contributed by atoms with E-state index in [1.54, 1.807) is 43.1 Å². The third kappa shape index (κ3) is 5.10.